The second-order valence-electron chi connectivity index (χ2n) is 3.04. The van der Waals surface area contributed by atoms with Crippen molar-refractivity contribution in [2.45, 2.75) is 6.42 Å². The molecule has 78 valence electrons. The van der Waals surface area contributed by atoms with Crippen LogP contribution in [0.3, 0.4) is 0 Å². The van der Waals surface area contributed by atoms with Gasteiger partial charge in [0.2, 0.25) is 0 Å². The van der Waals surface area contributed by atoms with E-state index in [2.05, 4.69) is 17.2 Å². The van der Waals surface area contributed by atoms with E-state index in [1.165, 1.54) is 0 Å². The number of carbonyl (C=O) groups is 1. The van der Waals surface area contributed by atoms with Crippen LogP contribution in [0.5, 0.6) is 0 Å². The first kappa shape index (κ1) is 11.3. The fraction of sp³-hybridized carbons (Fsp3) is 0.250. The van der Waals surface area contributed by atoms with Crippen LogP contribution in [0.2, 0.25) is 0 Å². The first-order valence-electron chi connectivity index (χ1n) is 4.71. The Kier molecular flexibility index (Phi) is 4.39. The normalized spacial score (nSPS) is 9.13. The van der Waals surface area contributed by atoms with Crippen molar-refractivity contribution >= 4 is 5.97 Å². The first-order valence-corrected chi connectivity index (χ1v) is 4.71. The predicted molar refractivity (Wildman–Crippen MR) is 58.8 cm³/mol. The van der Waals surface area contributed by atoms with Gasteiger partial charge >= 0.3 is 5.97 Å². The average molecular weight is 203 g/mol. The number of carboxylic acid groups (broad SMARTS) is 1. The summed E-state index contributed by atoms with van der Waals surface area (Å²) in [5.41, 5.74) is 1.13. The van der Waals surface area contributed by atoms with E-state index >= 15 is 0 Å². The molecule has 1 aromatic carbocycles. The number of hydrogen-bond acceptors (Lipinski definition) is 2. The highest BCUT2D eigenvalue weighted by Crippen LogP contribution is 2.02. The molecule has 0 fully saturated rings. The molecule has 3 nitrogen and oxygen atoms in total. The fourth-order valence-electron chi connectivity index (χ4n) is 1.05. The molecule has 0 spiro atoms. The lowest BCUT2D eigenvalue weighted by atomic mass is 10.1. The summed E-state index contributed by atoms with van der Waals surface area (Å²) in [5, 5.41) is 11.7. The molecule has 0 aliphatic carbocycles. The molecule has 0 atom stereocenters. The summed E-state index contributed by atoms with van der Waals surface area (Å²) >= 11 is 0. The molecule has 1 rings (SSSR count). The Morgan fingerprint density at radius 1 is 1.40 bits per heavy atom. The Bertz CT molecular complexity index is 384. The molecule has 1 aromatic rings. The molecule has 0 aliphatic heterocycles. The van der Waals surface area contributed by atoms with Crippen LogP contribution in [-0.4, -0.2) is 24.7 Å². The quantitative estimate of drug-likeness (QED) is 0.576. The fourth-order valence-corrected chi connectivity index (χ4v) is 1.05. The van der Waals surface area contributed by atoms with E-state index in [1.807, 2.05) is 7.05 Å². The minimum Gasteiger partial charge on any atom is -0.478 e. The maximum absolute atomic E-state index is 10.6. The zero-order chi connectivity index (χ0) is 11.1. The largest absolute Gasteiger partial charge is 0.478 e. The van der Waals surface area contributed by atoms with E-state index in [1.54, 1.807) is 24.3 Å². The van der Waals surface area contributed by atoms with Gasteiger partial charge in [-0.05, 0) is 31.3 Å². The summed E-state index contributed by atoms with van der Waals surface area (Å²) in [4.78, 5) is 10.6. The Balaban J connectivity index is 2.63. The zero-order valence-corrected chi connectivity index (χ0v) is 8.58. The number of benzene rings is 1. The van der Waals surface area contributed by atoms with Gasteiger partial charge in [-0.1, -0.05) is 11.8 Å². The highest BCUT2D eigenvalue weighted by molar-refractivity contribution is 5.87. The number of nitrogens with one attached hydrogen (secondary N) is 1. The molecule has 0 saturated carbocycles. The molecule has 0 amide bonds. The molecule has 0 aromatic heterocycles. The van der Waals surface area contributed by atoms with Crippen molar-refractivity contribution in [2.24, 2.45) is 0 Å². The van der Waals surface area contributed by atoms with Crippen LogP contribution in [0, 0.1) is 11.8 Å². The maximum Gasteiger partial charge on any atom is 0.335 e. The van der Waals surface area contributed by atoms with Gasteiger partial charge in [0.1, 0.15) is 0 Å². The Morgan fingerprint density at radius 3 is 2.60 bits per heavy atom. The SMILES string of the molecule is CNCCC#Cc1ccc(C(=O)O)cc1. The van der Waals surface area contributed by atoms with Gasteiger partial charge in [-0.15, -0.1) is 0 Å². The van der Waals surface area contributed by atoms with Gasteiger partial charge in [0.25, 0.3) is 0 Å². The van der Waals surface area contributed by atoms with E-state index in [0.717, 1.165) is 18.5 Å². The minimum absolute atomic E-state index is 0.288. The lowest BCUT2D eigenvalue weighted by molar-refractivity contribution is 0.0697. The van der Waals surface area contributed by atoms with Gasteiger partial charge < -0.3 is 10.4 Å². The van der Waals surface area contributed by atoms with Crippen molar-refractivity contribution in [3.8, 4) is 11.8 Å². The number of rotatable bonds is 3. The standard InChI is InChI=1S/C12H13NO2/c1-13-9-3-2-4-10-5-7-11(8-6-10)12(14)15/h5-8,13H,3,9H2,1H3,(H,14,15). The molecule has 0 bridgehead atoms. The highest BCUT2D eigenvalue weighted by atomic mass is 16.4. The van der Waals surface area contributed by atoms with Gasteiger partial charge in [-0.25, -0.2) is 4.79 Å². The highest BCUT2D eigenvalue weighted by Gasteiger charge is 1.99. The Hall–Kier alpha value is -1.79. The van der Waals surface area contributed by atoms with Crippen LogP contribution < -0.4 is 5.32 Å². The topological polar surface area (TPSA) is 49.3 Å². The van der Waals surface area contributed by atoms with Crippen LogP contribution in [0.1, 0.15) is 22.3 Å². The predicted octanol–water partition coefficient (Wildman–Crippen LogP) is 1.35. The summed E-state index contributed by atoms with van der Waals surface area (Å²) in [6.45, 7) is 0.861. The van der Waals surface area contributed by atoms with Gasteiger partial charge in [-0.2, -0.15) is 0 Å². The van der Waals surface area contributed by atoms with Crippen LogP contribution in [0.4, 0.5) is 0 Å². The van der Waals surface area contributed by atoms with E-state index in [4.69, 9.17) is 5.11 Å². The lowest BCUT2D eigenvalue weighted by Gasteiger charge is -1.93. The van der Waals surface area contributed by atoms with E-state index in [-0.39, 0.29) is 5.56 Å². The van der Waals surface area contributed by atoms with Crippen molar-refractivity contribution in [1.29, 1.82) is 0 Å². The van der Waals surface area contributed by atoms with Gasteiger partial charge in [0.15, 0.2) is 0 Å². The van der Waals surface area contributed by atoms with Crippen molar-refractivity contribution in [3.63, 3.8) is 0 Å². The second kappa shape index (κ2) is 5.84. The van der Waals surface area contributed by atoms with Crippen LogP contribution in [0.25, 0.3) is 0 Å². The van der Waals surface area contributed by atoms with Crippen molar-refractivity contribution in [1.82, 2.24) is 5.32 Å². The monoisotopic (exact) mass is 203 g/mol. The van der Waals surface area contributed by atoms with Gasteiger partial charge in [-0.3, -0.25) is 0 Å². The number of aromatic carboxylic acids is 1. The molecule has 15 heavy (non-hydrogen) atoms. The third-order valence-corrected chi connectivity index (χ3v) is 1.86. The van der Waals surface area contributed by atoms with Crippen molar-refractivity contribution in [3.05, 3.63) is 35.4 Å². The number of carboxylic acids is 1. The first-order chi connectivity index (χ1) is 7.24. The summed E-state index contributed by atoms with van der Waals surface area (Å²) in [6, 6.07) is 6.56. The van der Waals surface area contributed by atoms with Crippen LogP contribution >= 0.6 is 0 Å². The average Bonchev–Trinajstić information content (AvgIpc) is 2.25. The lowest BCUT2D eigenvalue weighted by Crippen LogP contribution is -2.05. The Morgan fingerprint density at radius 2 is 2.07 bits per heavy atom. The van der Waals surface area contributed by atoms with Gasteiger partial charge in [0, 0.05) is 18.5 Å². The molecular formula is C12H13NO2. The molecule has 2 N–H and O–H groups in total. The molecule has 0 radical (unpaired) electrons. The van der Waals surface area contributed by atoms with E-state index in [9.17, 15) is 4.79 Å². The summed E-state index contributed by atoms with van der Waals surface area (Å²) in [5.74, 6) is 5.04. The van der Waals surface area contributed by atoms with Crippen LogP contribution in [-0.2, 0) is 0 Å². The van der Waals surface area contributed by atoms with Crippen LogP contribution in [0.15, 0.2) is 24.3 Å². The van der Waals surface area contributed by atoms with Crippen molar-refractivity contribution < 1.29 is 9.90 Å². The van der Waals surface area contributed by atoms with Gasteiger partial charge in [0.05, 0.1) is 5.56 Å². The number of hydrogen-bond donors (Lipinski definition) is 2. The third-order valence-electron chi connectivity index (χ3n) is 1.86. The van der Waals surface area contributed by atoms with E-state index < -0.39 is 5.97 Å². The zero-order valence-electron chi connectivity index (χ0n) is 8.58. The molecule has 3 heteroatoms. The molecule has 0 saturated heterocycles. The summed E-state index contributed by atoms with van der Waals surface area (Å²) in [6.07, 6.45) is 0.789. The van der Waals surface area contributed by atoms with Crippen molar-refractivity contribution in [2.75, 3.05) is 13.6 Å². The molecular weight excluding hydrogens is 190 g/mol. The smallest absolute Gasteiger partial charge is 0.335 e. The molecule has 0 unspecified atom stereocenters. The molecule has 0 heterocycles. The van der Waals surface area contributed by atoms with E-state index in [0.29, 0.717) is 0 Å². The maximum atomic E-state index is 10.6. The second-order valence-corrected chi connectivity index (χ2v) is 3.04. The minimum atomic E-state index is -0.912. The third kappa shape index (κ3) is 3.84. The summed E-state index contributed by atoms with van der Waals surface area (Å²) in [7, 11) is 1.88. The Labute approximate surface area is 89.1 Å². The molecule has 0 aliphatic rings. The summed E-state index contributed by atoms with van der Waals surface area (Å²) < 4.78 is 0.